The fourth-order valence-electron chi connectivity index (χ4n) is 2.01. The predicted octanol–water partition coefficient (Wildman–Crippen LogP) is 1.74. The van der Waals surface area contributed by atoms with Crippen molar-refractivity contribution >= 4 is 12.4 Å². The van der Waals surface area contributed by atoms with Crippen molar-refractivity contribution in [1.82, 2.24) is 10.0 Å². The Kier molecular flexibility index (Phi) is 5.85. The minimum Gasteiger partial charge on any atom is -0.464 e. The Labute approximate surface area is 96.0 Å². The summed E-state index contributed by atoms with van der Waals surface area (Å²) in [5.74, 6) is 0. The van der Waals surface area contributed by atoms with Crippen LogP contribution in [0.5, 0.6) is 0 Å². The molecule has 1 rings (SSSR count). The quantitative estimate of drug-likeness (QED) is 0.744. The van der Waals surface area contributed by atoms with Crippen molar-refractivity contribution in [3.8, 4) is 0 Å². The van der Waals surface area contributed by atoms with Crippen LogP contribution < -0.4 is 0 Å². The van der Waals surface area contributed by atoms with Crippen LogP contribution in [0.2, 0.25) is 0 Å². The van der Waals surface area contributed by atoms with Crippen molar-refractivity contribution in [2.75, 3.05) is 19.6 Å². The second-order valence-corrected chi connectivity index (χ2v) is 4.08. The minimum atomic E-state index is -0.956. The van der Waals surface area contributed by atoms with Gasteiger partial charge in [-0.05, 0) is 12.8 Å². The Hall–Kier alpha value is -1.10. The van der Waals surface area contributed by atoms with Gasteiger partial charge in [0.25, 0.3) is 0 Å². The van der Waals surface area contributed by atoms with E-state index >= 15 is 0 Å². The topological polar surface area (TPSA) is 60.9 Å². The number of amides is 1. The van der Waals surface area contributed by atoms with Crippen LogP contribution in [0.25, 0.3) is 0 Å². The molecule has 1 aliphatic rings. The average Bonchev–Trinajstić information content (AvgIpc) is 2.20. The van der Waals surface area contributed by atoms with Crippen molar-refractivity contribution in [3.05, 3.63) is 0 Å². The van der Waals surface area contributed by atoms with E-state index in [1.165, 1.54) is 11.4 Å². The molecule has 0 spiro atoms. The van der Waals surface area contributed by atoms with Gasteiger partial charge in [-0.3, -0.25) is 0 Å². The first-order valence-corrected chi connectivity index (χ1v) is 5.94. The van der Waals surface area contributed by atoms with E-state index < -0.39 is 6.09 Å². The number of rotatable bonds is 4. The van der Waals surface area contributed by atoms with E-state index in [4.69, 9.17) is 5.11 Å². The summed E-state index contributed by atoms with van der Waals surface area (Å²) < 4.78 is 0. The number of hydrogen-bond acceptors (Lipinski definition) is 3. The second kappa shape index (κ2) is 7.22. The number of hydrogen-bond donors (Lipinski definition) is 1. The molecule has 1 heterocycles. The van der Waals surface area contributed by atoms with E-state index in [1.807, 2.05) is 5.01 Å². The third-order valence-corrected chi connectivity index (χ3v) is 2.85. The highest BCUT2D eigenvalue weighted by atomic mass is 16.4. The molecule has 16 heavy (non-hydrogen) atoms. The maximum Gasteiger partial charge on any atom is 0.421 e. The molecule has 5 heteroatoms. The van der Waals surface area contributed by atoms with E-state index in [2.05, 4.69) is 0 Å². The Morgan fingerprint density at radius 2 is 1.75 bits per heavy atom. The lowest BCUT2D eigenvalue weighted by Crippen LogP contribution is -2.47. The van der Waals surface area contributed by atoms with E-state index in [0.717, 1.165) is 45.1 Å². The molecule has 0 aromatic rings. The smallest absolute Gasteiger partial charge is 0.421 e. The van der Waals surface area contributed by atoms with Gasteiger partial charge in [-0.2, -0.15) is 0 Å². The van der Waals surface area contributed by atoms with Gasteiger partial charge < -0.3 is 9.90 Å². The lowest BCUT2D eigenvalue weighted by atomic mass is 10.1. The van der Waals surface area contributed by atoms with Gasteiger partial charge in [0.1, 0.15) is 6.29 Å². The molecule has 1 fully saturated rings. The molecule has 0 aromatic heterocycles. The molecule has 0 atom stereocenters. The van der Waals surface area contributed by atoms with Gasteiger partial charge in [0.2, 0.25) is 0 Å². The monoisotopic (exact) mass is 228 g/mol. The molecule has 0 unspecified atom stereocenters. The van der Waals surface area contributed by atoms with Gasteiger partial charge in [-0.25, -0.2) is 14.8 Å². The number of carboxylic acid groups (broad SMARTS) is 1. The summed E-state index contributed by atoms with van der Waals surface area (Å²) >= 11 is 0. The molecule has 0 aliphatic carbocycles. The van der Waals surface area contributed by atoms with Crippen LogP contribution in [0.4, 0.5) is 4.79 Å². The summed E-state index contributed by atoms with van der Waals surface area (Å²) in [4.78, 5) is 21.4. The Morgan fingerprint density at radius 1 is 1.19 bits per heavy atom. The zero-order valence-electron chi connectivity index (χ0n) is 9.60. The molecule has 5 nitrogen and oxygen atoms in total. The maximum atomic E-state index is 11.1. The number of nitrogens with zero attached hydrogens (tertiary/aromatic N) is 2. The maximum absolute atomic E-state index is 11.1. The van der Waals surface area contributed by atoms with Crippen LogP contribution in [0.3, 0.4) is 0 Å². The first-order chi connectivity index (χ1) is 7.75. The molecule has 0 radical (unpaired) electrons. The number of carbonyl (C=O) groups excluding carboxylic acids is 1. The molecular weight excluding hydrogens is 208 g/mol. The Bertz CT molecular complexity index is 225. The van der Waals surface area contributed by atoms with E-state index in [9.17, 15) is 9.59 Å². The molecule has 1 amide bonds. The zero-order chi connectivity index (χ0) is 11.8. The van der Waals surface area contributed by atoms with Crippen LogP contribution in [-0.4, -0.2) is 47.1 Å². The largest absolute Gasteiger partial charge is 0.464 e. The predicted molar refractivity (Wildman–Crippen MR) is 60.1 cm³/mol. The summed E-state index contributed by atoms with van der Waals surface area (Å²) in [5.41, 5.74) is 0. The van der Waals surface area contributed by atoms with Crippen LogP contribution in [0.15, 0.2) is 0 Å². The first-order valence-electron chi connectivity index (χ1n) is 5.94. The van der Waals surface area contributed by atoms with Gasteiger partial charge in [-0.1, -0.05) is 19.3 Å². The van der Waals surface area contributed by atoms with Crippen LogP contribution in [0.1, 0.15) is 38.5 Å². The minimum absolute atomic E-state index is 0.267. The SMILES string of the molecule is O=CCCN(C(=O)O)N1CCCCCCC1. The molecule has 1 saturated heterocycles. The summed E-state index contributed by atoms with van der Waals surface area (Å²) in [6.45, 7) is 1.84. The summed E-state index contributed by atoms with van der Waals surface area (Å²) in [7, 11) is 0. The molecule has 1 aliphatic heterocycles. The van der Waals surface area contributed by atoms with Gasteiger partial charge in [-0.15, -0.1) is 0 Å². The van der Waals surface area contributed by atoms with Crippen LogP contribution in [-0.2, 0) is 4.79 Å². The van der Waals surface area contributed by atoms with Gasteiger partial charge in [0, 0.05) is 26.1 Å². The number of hydrazine groups is 1. The van der Waals surface area contributed by atoms with E-state index in [1.54, 1.807) is 0 Å². The van der Waals surface area contributed by atoms with Crippen LogP contribution in [0, 0.1) is 0 Å². The molecule has 0 saturated carbocycles. The van der Waals surface area contributed by atoms with Gasteiger partial charge in [0.05, 0.1) is 0 Å². The van der Waals surface area contributed by atoms with Crippen molar-refractivity contribution in [2.45, 2.75) is 38.5 Å². The Morgan fingerprint density at radius 3 is 2.25 bits per heavy atom. The molecule has 0 aromatic carbocycles. The average molecular weight is 228 g/mol. The summed E-state index contributed by atoms with van der Waals surface area (Å²) in [5, 5.41) is 12.2. The van der Waals surface area contributed by atoms with E-state index in [0.29, 0.717) is 0 Å². The van der Waals surface area contributed by atoms with Crippen molar-refractivity contribution in [3.63, 3.8) is 0 Å². The van der Waals surface area contributed by atoms with Crippen molar-refractivity contribution < 1.29 is 14.7 Å². The molecule has 92 valence electrons. The lowest BCUT2D eigenvalue weighted by Gasteiger charge is -2.33. The second-order valence-electron chi connectivity index (χ2n) is 4.08. The highest BCUT2D eigenvalue weighted by molar-refractivity contribution is 5.65. The Balaban J connectivity index is 2.51. The van der Waals surface area contributed by atoms with Crippen molar-refractivity contribution in [2.24, 2.45) is 0 Å². The number of aldehydes is 1. The summed E-state index contributed by atoms with van der Waals surface area (Å²) in [6, 6.07) is 0. The standard InChI is InChI=1S/C11H20N2O3/c14-10-6-9-13(11(15)16)12-7-4-2-1-3-5-8-12/h10H,1-9H2,(H,15,16). The lowest BCUT2D eigenvalue weighted by molar-refractivity contribution is -0.109. The van der Waals surface area contributed by atoms with Gasteiger partial charge in [0.15, 0.2) is 0 Å². The van der Waals surface area contributed by atoms with Crippen molar-refractivity contribution in [1.29, 1.82) is 0 Å². The highest BCUT2D eigenvalue weighted by Crippen LogP contribution is 2.12. The fraction of sp³-hybridized carbons (Fsp3) is 0.818. The third-order valence-electron chi connectivity index (χ3n) is 2.85. The van der Waals surface area contributed by atoms with E-state index in [-0.39, 0.29) is 13.0 Å². The summed E-state index contributed by atoms with van der Waals surface area (Å²) in [6.07, 6.45) is 5.71. The molecular formula is C11H20N2O3. The van der Waals surface area contributed by atoms with Crippen LogP contribution >= 0.6 is 0 Å². The fourth-order valence-corrected chi connectivity index (χ4v) is 2.01. The number of carbonyl (C=O) groups is 2. The van der Waals surface area contributed by atoms with Gasteiger partial charge >= 0.3 is 6.09 Å². The third kappa shape index (κ3) is 4.18. The highest BCUT2D eigenvalue weighted by Gasteiger charge is 2.20. The zero-order valence-corrected chi connectivity index (χ0v) is 9.60. The molecule has 0 bridgehead atoms. The normalized spacial score (nSPS) is 18.5. The first kappa shape index (κ1) is 13.0. The molecule has 1 N–H and O–H groups in total.